The van der Waals surface area contributed by atoms with Crippen molar-refractivity contribution in [1.29, 1.82) is 0 Å². The maximum atomic E-state index is 12.6. The fourth-order valence-corrected chi connectivity index (χ4v) is 4.34. The Balaban J connectivity index is 2.17. The van der Waals surface area contributed by atoms with Gasteiger partial charge in [0.1, 0.15) is 4.90 Å². The van der Waals surface area contributed by atoms with E-state index in [0.717, 1.165) is 26.1 Å². The summed E-state index contributed by atoms with van der Waals surface area (Å²) in [5.74, 6) is 0.333. The third-order valence-corrected chi connectivity index (χ3v) is 6.04. The number of rotatable bonds is 4. The molecule has 0 radical (unpaired) electrons. The van der Waals surface area contributed by atoms with E-state index >= 15 is 0 Å². The van der Waals surface area contributed by atoms with E-state index < -0.39 is 10.0 Å². The topological polar surface area (TPSA) is 53.5 Å². The highest BCUT2D eigenvalue weighted by atomic mass is 32.2. The molecule has 1 aromatic heterocycles. The molecule has 0 saturated carbocycles. The first-order valence-corrected chi connectivity index (χ1v) is 8.51. The average molecular weight is 297 g/mol. The van der Waals surface area contributed by atoms with Gasteiger partial charge >= 0.3 is 0 Å². The molecule has 2 rings (SSSR count). The van der Waals surface area contributed by atoms with Gasteiger partial charge in [-0.05, 0) is 37.6 Å². The van der Waals surface area contributed by atoms with Crippen LogP contribution in [0.15, 0.2) is 29.4 Å². The third-order valence-electron chi connectivity index (χ3n) is 4.17. The molecule has 0 bridgehead atoms. The van der Waals surface area contributed by atoms with Crippen LogP contribution in [0.25, 0.3) is 0 Å². The Hall–Kier alpha value is -0.980. The van der Waals surface area contributed by atoms with Gasteiger partial charge in [-0.1, -0.05) is 13.8 Å². The molecule has 0 unspecified atom stereocenters. The van der Waals surface area contributed by atoms with Gasteiger partial charge in [-0.3, -0.25) is 4.98 Å². The van der Waals surface area contributed by atoms with E-state index in [0.29, 0.717) is 5.92 Å². The van der Waals surface area contributed by atoms with Crippen molar-refractivity contribution < 1.29 is 8.42 Å². The largest absolute Gasteiger partial charge is 0.303 e. The lowest BCUT2D eigenvalue weighted by atomic mass is 9.94. The molecule has 0 aromatic carbocycles. The predicted molar refractivity (Wildman–Crippen MR) is 78.9 cm³/mol. The Morgan fingerprint density at radius 2 is 2.25 bits per heavy atom. The zero-order valence-electron chi connectivity index (χ0n) is 12.4. The van der Waals surface area contributed by atoms with Gasteiger partial charge in [0.15, 0.2) is 0 Å². The van der Waals surface area contributed by atoms with Crippen molar-refractivity contribution in [1.82, 2.24) is 14.2 Å². The highest BCUT2D eigenvalue weighted by Gasteiger charge is 2.34. The van der Waals surface area contributed by atoms with Crippen molar-refractivity contribution in [3.05, 3.63) is 24.5 Å². The SMILES string of the molecule is CCN1CC[C@H](N(C)S(=O)(=O)c2cccnc2)[C@@H](C)C1. The smallest absolute Gasteiger partial charge is 0.244 e. The van der Waals surface area contributed by atoms with Crippen LogP contribution >= 0.6 is 0 Å². The summed E-state index contributed by atoms with van der Waals surface area (Å²) in [6.45, 7) is 7.20. The third kappa shape index (κ3) is 3.02. The van der Waals surface area contributed by atoms with Crippen LogP contribution in [-0.4, -0.2) is 55.3 Å². The standard InChI is InChI=1S/C14H23N3O2S/c1-4-17-9-7-14(12(2)11-17)16(3)20(18,19)13-6-5-8-15-10-13/h5-6,8,10,12,14H,4,7,9,11H2,1-3H3/t12-,14-/m0/s1. The average Bonchev–Trinajstić information content (AvgIpc) is 2.47. The molecule has 0 aliphatic carbocycles. The molecule has 1 aliphatic heterocycles. The van der Waals surface area contributed by atoms with Gasteiger partial charge < -0.3 is 4.90 Å². The lowest BCUT2D eigenvalue weighted by Crippen LogP contribution is -2.50. The van der Waals surface area contributed by atoms with Gasteiger partial charge in [0, 0.05) is 32.0 Å². The fourth-order valence-electron chi connectivity index (χ4n) is 2.89. The van der Waals surface area contributed by atoms with E-state index in [4.69, 9.17) is 0 Å². The van der Waals surface area contributed by atoms with Crippen molar-refractivity contribution in [3.8, 4) is 0 Å². The number of pyridine rings is 1. The lowest BCUT2D eigenvalue weighted by Gasteiger charge is -2.40. The van der Waals surface area contributed by atoms with Gasteiger partial charge in [0.05, 0.1) is 0 Å². The first-order valence-electron chi connectivity index (χ1n) is 7.07. The summed E-state index contributed by atoms with van der Waals surface area (Å²) in [5.41, 5.74) is 0. The number of nitrogens with zero attached hydrogens (tertiary/aromatic N) is 3. The van der Waals surface area contributed by atoms with E-state index in [9.17, 15) is 8.42 Å². The molecular formula is C14H23N3O2S. The Morgan fingerprint density at radius 3 is 2.80 bits per heavy atom. The molecule has 2 heterocycles. The molecule has 1 aliphatic rings. The van der Waals surface area contributed by atoms with E-state index in [2.05, 4.69) is 23.7 Å². The monoisotopic (exact) mass is 297 g/mol. The Morgan fingerprint density at radius 1 is 1.50 bits per heavy atom. The first kappa shape index (κ1) is 15.4. The van der Waals surface area contributed by atoms with Crippen LogP contribution < -0.4 is 0 Å². The minimum absolute atomic E-state index is 0.0583. The van der Waals surface area contributed by atoms with Crippen LogP contribution in [-0.2, 0) is 10.0 Å². The van der Waals surface area contributed by atoms with Gasteiger partial charge in [-0.2, -0.15) is 4.31 Å². The summed E-state index contributed by atoms with van der Waals surface area (Å²) in [6, 6.07) is 3.32. The van der Waals surface area contributed by atoms with Crippen LogP contribution in [0, 0.1) is 5.92 Å². The van der Waals surface area contributed by atoms with Gasteiger partial charge in [-0.25, -0.2) is 8.42 Å². The van der Waals surface area contributed by atoms with Crippen molar-refractivity contribution in [2.75, 3.05) is 26.7 Å². The molecule has 0 spiro atoms. The summed E-state index contributed by atoms with van der Waals surface area (Å²) in [5, 5.41) is 0. The predicted octanol–water partition coefficient (Wildman–Crippen LogP) is 1.43. The Bertz CT molecular complexity index is 533. The zero-order chi connectivity index (χ0) is 14.8. The second-order valence-electron chi connectivity index (χ2n) is 5.44. The number of hydrogen-bond donors (Lipinski definition) is 0. The van der Waals surface area contributed by atoms with Crippen molar-refractivity contribution >= 4 is 10.0 Å². The van der Waals surface area contributed by atoms with Gasteiger partial charge in [-0.15, -0.1) is 0 Å². The lowest BCUT2D eigenvalue weighted by molar-refractivity contribution is 0.123. The van der Waals surface area contributed by atoms with E-state index in [1.807, 2.05) is 0 Å². The number of sulfonamides is 1. The minimum atomic E-state index is -3.44. The summed E-state index contributed by atoms with van der Waals surface area (Å²) in [6.07, 6.45) is 3.88. The Kier molecular flexibility index (Phi) is 4.78. The number of likely N-dealkylation sites (tertiary alicyclic amines) is 1. The van der Waals surface area contributed by atoms with Gasteiger partial charge in [0.2, 0.25) is 10.0 Å². The maximum Gasteiger partial charge on any atom is 0.244 e. The molecule has 112 valence electrons. The molecule has 0 amide bonds. The van der Waals surface area contributed by atoms with Crippen LogP contribution in [0.2, 0.25) is 0 Å². The van der Waals surface area contributed by atoms with Crippen LogP contribution in [0.3, 0.4) is 0 Å². The van der Waals surface area contributed by atoms with Crippen LogP contribution in [0.5, 0.6) is 0 Å². The molecule has 1 aromatic rings. The van der Waals surface area contributed by atoms with E-state index in [1.165, 1.54) is 10.5 Å². The summed E-state index contributed by atoms with van der Waals surface area (Å²) in [4.78, 5) is 6.55. The molecule has 1 fully saturated rings. The minimum Gasteiger partial charge on any atom is -0.303 e. The summed E-state index contributed by atoms with van der Waals surface area (Å²) < 4.78 is 26.7. The number of hydrogen-bond acceptors (Lipinski definition) is 4. The number of aromatic nitrogens is 1. The molecule has 20 heavy (non-hydrogen) atoms. The highest BCUT2D eigenvalue weighted by Crippen LogP contribution is 2.25. The molecular weight excluding hydrogens is 274 g/mol. The zero-order valence-corrected chi connectivity index (χ0v) is 13.2. The fraction of sp³-hybridized carbons (Fsp3) is 0.643. The summed E-state index contributed by atoms with van der Waals surface area (Å²) >= 11 is 0. The Labute approximate surface area is 121 Å². The second kappa shape index (κ2) is 6.20. The molecule has 6 heteroatoms. The van der Waals surface area contributed by atoms with E-state index in [-0.39, 0.29) is 10.9 Å². The van der Waals surface area contributed by atoms with Gasteiger partial charge in [0.25, 0.3) is 0 Å². The maximum absolute atomic E-state index is 12.6. The first-order chi connectivity index (χ1) is 9.46. The highest BCUT2D eigenvalue weighted by molar-refractivity contribution is 7.89. The molecule has 2 atom stereocenters. The summed E-state index contributed by atoms with van der Waals surface area (Å²) in [7, 11) is -1.76. The van der Waals surface area contributed by atoms with E-state index in [1.54, 1.807) is 25.4 Å². The molecule has 1 saturated heterocycles. The number of piperidine rings is 1. The van der Waals surface area contributed by atoms with Crippen LogP contribution in [0.1, 0.15) is 20.3 Å². The van der Waals surface area contributed by atoms with Crippen molar-refractivity contribution in [2.24, 2.45) is 5.92 Å². The quantitative estimate of drug-likeness (QED) is 0.844. The van der Waals surface area contributed by atoms with Crippen LogP contribution in [0.4, 0.5) is 0 Å². The van der Waals surface area contributed by atoms with Crippen molar-refractivity contribution in [3.63, 3.8) is 0 Å². The molecule has 5 nitrogen and oxygen atoms in total. The second-order valence-corrected chi connectivity index (χ2v) is 7.43. The van der Waals surface area contributed by atoms with Crippen molar-refractivity contribution in [2.45, 2.75) is 31.2 Å². The molecule has 0 N–H and O–H groups in total. The normalized spacial score (nSPS) is 25.0.